The van der Waals surface area contributed by atoms with E-state index in [1.54, 1.807) is 29.7 Å². The van der Waals surface area contributed by atoms with Crippen molar-refractivity contribution in [2.24, 2.45) is 0 Å². The predicted octanol–water partition coefficient (Wildman–Crippen LogP) is 3.22. The molecule has 0 radical (unpaired) electrons. The Morgan fingerprint density at radius 2 is 2.30 bits per heavy atom. The Bertz CT molecular complexity index is 518. The van der Waals surface area contributed by atoms with Gasteiger partial charge in [-0.1, -0.05) is 12.8 Å². The molecule has 1 fully saturated rings. The van der Waals surface area contributed by atoms with E-state index in [0.29, 0.717) is 18.2 Å². The number of nitrogens with zero attached hydrogens (tertiary/aromatic N) is 1. The summed E-state index contributed by atoms with van der Waals surface area (Å²) in [7, 11) is 0. The Hall–Kier alpha value is -1.17. The van der Waals surface area contributed by atoms with Gasteiger partial charge >= 0.3 is 0 Å². The molecule has 4 nitrogen and oxygen atoms in total. The fraction of sp³-hybridized carbons (Fsp3) is 0.533. The lowest BCUT2D eigenvalue weighted by molar-refractivity contribution is 0.147. The molecule has 0 bridgehead atoms. The largest absolute Gasteiger partial charge is 0.467 e. The van der Waals surface area contributed by atoms with Gasteiger partial charge in [-0.25, -0.2) is 4.98 Å². The second-order valence-electron chi connectivity index (χ2n) is 5.31. The highest BCUT2D eigenvalue weighted by atomic mass is 32.1. The maximum atomic E-state index is 9.90. The number of aliphatic hydroxyl groups is 1. The quantitative estimate of drug-likeness (QED) is 0.858. The van der Waals surface area contributed by atoms with Crippen LogP contribution in [0.1, 0.15) is 53.4 Å². The Morgan fingerprint density at radius 1 is 1.45 bits per heavy atom. The van der Waals surface area contributed by atoms with E-state index in [0.717, 1.165) is 6.54 Å². The molecule has 1 aliphatic carbocycles. The van der Waals surface area contributed by atoms with Crippen molar-refractivity contribution >= 4 is 11.3 Å². The van der Waals surface area contributed by atoms with E-state index in [2.05, 4.69) is 10.3 Å². The van der Waals surface area contributed by atoms with Crippen LogP contribution in [0.4, 0.5) is 0 Å². The van der Waals surface area contributed by atoms with E-state index in [4.69, 9.17) is 4.42 Å². The van der Waals surface area contributed by atoms with Crippen LogP contribution in [0.5, 0.6) is 0 Å². The minimum Gasteiger partial charge on any atom is -0.467 e. The summed E-state index contributed by atoms with van der Waals surface area (Å²) in [4.78, 5) is 5.78. The topological polar surface area (TPSA) is 58.3 Å². The average Bonchev–Trinajstić information content (AvgIpc) is 3.20. The average molecular weight is 292 g/mol. The molecule has 2 aromatic rings. The van der Waals surface area contributed by atoms with Gasteiger partial charge in [0.15, 0.2) is 0 Å². The fourth-order valence-corrected chi connectivity index (χ4v) is 3.74. The third-order valence-electron chi connectivity index (χ3n) is 3.78. The molecule has 2 N–H and O–H groups in total. The zero-order valence-corrected chi connectivity index (χ0v) is 12.2. The van der Waals surface area contributed by atoms with Crippen LogP contribution in [0.2, 0.25) is 0 Å². The molecule has 3 rings (SSSR count). The van der Waals surface area contributed by atoms with Gasteiger partial charge in [-0.15, -0.1) is 11.3 Å². The minimum atomic E-state index is -0.591. The molecule has 0 aliphatic heterocycles. The van der Waals surface area contributed by atoms with E-state index < -0.39 is 6.10 Å². The third-order valence-corrected chi connectivity index (χ3v) is 4.94. The Balaban J connectivity index is 1.46. The van der Waals surface area contributed by atoms with Gasteiger partial charge in [0.1, 0.15) is 11.9 Å². The summed E-state index contributed by atoms with van der Waals surface area (Å²) in [6.45, 7) is 1.24. The van der Waals surface area contributed by atoms with Crippen molar-refractivity contribution in [1.29, 1.82) is 0 Å². The molecular weight excluding hydrogens is 272 g/mol. The molecule has 1 saturated carbocycles. The number of hydrogen-bond donors (Lipinski definition) is 2. The van der Waals surface area contributed by atoms with E-state index in [1.807, 2.05) is 6.20 Å². The lowest BCUT2D eigenvalue weighted by atomic mass is 10.1. The van der Waals surface area contributed by atoms with Crippen LogP contribution in [0.25, 0.3) is 0 Å². The number of hydrogen-bond acceptors (Lipinski definition) is 5. The summed E-state index contributed by atoms with van der Waals surface area (Å²) in [5.74, 6) is 1.29. The molecule has 0 saturated heterocycles. The molecule has 1 atom stereocenters. The van der Waals surface area contributed by atoms with Crippen molar-refractivity contribution < 1.29 is 9.52 Å². The standard InChI is InChI=1S/C15H20N2O2S/c18-13(14-6-3-7-19-14)10-16-8-12-9-17-15(20-12)11-4-1-2-5-11/h3,6-7,9,11,13,16,18H,1-2,4-5,8,10H2. The van der Waals surface area contributed by atoms with Gasteiger partial charge in [0.05, 0.1) is 11.3 Å². The molecule has 0 spiro atoms. The van der Waals surface area contributed by atoms with Crippen molar-refractivity contribution in [2.45, 2.75) is 44.2 Å². The van der Waals surface area contributed by atoms with Crippen LogP contribution in [0.15, 0.2) is 29.0 Å². The molecule has 0 amide bonds. The van der Waals surface area contributed by atoms with Gasteiger partial charge < -0.3 is 14.8 Å². The van der Waals surface area contributed by atoms with Gasteiger partial charge in [-0.2, -0.15) is 0 Å². The highest BCUT2D eigenvalue weighted by molar-refractivity contribution is 7.11. The van der Waals surface area contributed by atoms with Crippen LogP contribution in [-0.2, 0) is 6.54 Å². The normalized spacial score (nSPS) is 17.6. The predicted molar refractivity (Wildman–Crippen MR) is 78.7 cm³/mol. The monoisotopic (exact) mass is 292 g/mol. The second-order valence-corrected chi connectivity index (χ2v) is 6.46. The van der Waals surface area contributed by atoms with Crippen molar-refractivity contribution in [3.63, 3.8) is 0 Å². The molecule has 1 unspecified atom stereocenters. The van der Waals surface area contributed by atoms with Crippen molar-refractivity contribution in [2.75, 3.05) is 6.54 Å². The summed E-state index contributed by atoms with van der Waals surface area (Å²) >= 11 is 1.80. The molecule has 1 aliphatic rings. The molecule has 108 valence electrons. The number of thiazole rings is 1. The Kier molecular flexibility index (Phi) is 4.50. The highest BCUT2D eigenvalue weighted by Crippen LogP contribution is 2.35. The number of aliphatic hydroxyl groups excluding tert-OH is 1. The van der Waals surface area contributed by atoms with E-state index in [1.165, 1.54) is 35.6 Å². The molecule has 0 aromatic carbocycles. The second kappa shape index (κ2) is 6.52. The van der Waals surface area contributed by atoms with Crippen LogP contribution in [-0.4, -0.2) is 16.6 Å². The van der Waals surface area contributed by atoms with Gasteiger partial charge in [0, 0.05) is 30.1 Å². The smallest absolute Gasteiger partial charge is 0.133 e. The first kappa shape index (κ1) is 13.8. The summed E-state index contributed by atoms with van der Waals surface area (Å²) in [5.41, 5.74) is 0. The summed E-state index contributed by atoms with van der Waals surface area (Å²) < 4.78 is 5.17. The van der Waals surface area contributed by atoms with Gasteiger partial charge in [0.25, 0.3) is 0 Å². The SMILES string of the molecule is OC(CNCc1cnc(C2CCCC2)s1)c1ccco1. The van der Waals surface area contributed by atoms with E-state index in [9.17, 15) is 5.11 Å². The molecule has 2 heterocycles. The maximum absolute atomic E-state index is 9.90. The molecule has 20 heavy (non-hydrogen) atoms. The van der Waals surface area contributed by atoms with Crippen LogP contribution in [0.3, 0.4) is 0 Å². The highest BCUT2D eigenvalue weighted by Gasteiger charge is 2.20. The first-order chi connectivity index (χ1) is 9.83. The Labute approximate surface area is 122 Å². The van der Waals surface area contributed by atoms with Crippen molar-refractivity contribution in [3.05, 3.63) is 40.2 Å². The third kappa shape index (κ3) is 3.29. The van der Waals surface area contributed by atoms with Crippen molar-refractivity contribution in [1.82, 2.24) is 10.3 Å². The van der Waals surface area contributed by atoms with E-state index >= 15 is 0 Å². The molecule has 2 aromatic heterocycles. The zero-order chi connectivity index (χ0) is 13.8. The fourth-order valence-electron chi connectivity index (χ4n) is 2.68. The minimum absolute atomic E-state index is 0.490. The molecule has 5 heteroatoms. The van der Waals surface area contributed by atoms with Crippen molar-refractivity contribution in [3.8, 4) is 0 Å². The summed E-state index contributed by atoms with van der Waals surface area (Å²) in [5, 5.41) is 14.4. The number of furan rings is 1. The lowest BCUT2D eigenvalue weighted by Gasteiger charge is -2.08. The van der Waals surface area contributed by atoms with Gasteiger partial charge in [-0.05, 0) is 25.0 Å². The number of aromatic nitrogens is 1. The van der Waals surface area contributed by atoms with Crippen LogP contribution >= 0.6 is 11.3 Å². The lowest BCUT2D eigenvalue weighted by Crippen LogP contribution is -2.20. The number of rotatable bonds is 6. The number of nitrogens with one attached hydrogen (secondary N) is 1. The maximum Gasteiger partial charge on any atom is 0.133 e. The Morgan fingerprint density at radius 3 is 3.05 bits per heavy atom. The zero-order valence-electron chi connectivity index (χ0n) is 11.4. The van der Waals surface area contributed by atoms with Gasteiger partial charge in [0.2, 0.25) is 0 Å². The van der Waals surface area contributed by atoms with Crippen LogP contribution in [0, 0.1) is 0 Å². The molecular formula is C15H20N2O2S. The first-order valence-electron chi connectivity index (χ1n) is 7.19. The van der Waals surface area contributed by atoms with Gasteiger partial charge in [-0.3, -0.25) is 0 Å². The van der Waals surface area contributed by atoms with Crippen LogP contribution < -0.4 is 5.32 Å². The summed E-state index contributed by atoms with van der Waals surface area (Å²) in [6.07, 6.45) is 8.21. The first-order valence-corrected chi connectivity index (χ1v) is 8.01. The van der Waals surface area contributed by atoms with E-state index in [-0.39, 0.29) is 0 Å². The summed E-state index contributed by atoms with van der Waals surface area (Å²) in [6, 6.07) is 3.58.